The minimum atomic E-state index is 0.674. The molecule has 0 amide bonds. The van der Waals surface area contributed by atoms with E-state index in [1.165, 1.54) is 0 Å². The molecule has 3 N–H and O–H groups in total. The van der Waals surface area contributed by atoms with Crippen molar-refractivity contribution in [2.45, 2.75) is 46.5 Å². The number of nitrogens with one attached hydrogen (secondary N) is 1. The summed E-state index contributed by atoms with van der Waals surface area (Å²) < 4.78 is 0. The zero-order valence-corrected chi connectivity index (χ0v) is 10.5. The smallest absolute Gasteiger partial charge is 0.143 e. The minimum Gasteiger partial charge on any atom is -0.308 e. The van der Waals surface area contributed by atoms with Crippen molar-refractivity contribution in [1.82, 2.24) is 9.97 Å². The van der Waals surface area contributed by atoms with Gasteiger partial charge in [0.2, 0.25) is 0 Å². The number of aromatic nitrogens is 2. The summed E-state index contributed by atoms with van der Waals surface area (Å²) in [5.41, 5.74) is 3.68. The minimum absolute atomic E-state index is 0.674. The lowest BCUT2D eigenvalue weighted by atomic mass is 10.1. The van der Waals surface area contributed by atoms with Gasteiger partial charge in [0.25, 0.3) is 0 Å². The predicted octanol–water partition coefficient (Wildman–Crippen LogP) is 2.30. The number of hydrogen-bond acceptors (Lipinski definition) is 4. The highest BCUT2D eigenvalue weighted by molar-refractivity contribution is 5.34. The molecule has 0 fully saturated rings. The fourth-order valence-electron chi connectivity index (χ4n) is 1.54. The molecule has 0 spiro atoms. The maximum Gasteiger partial charge on any atom is 0.143 e. The van der Waals surface area contributed by atoms with Gasteiger partial charge in [-0.05, 0) is 18.8 Å². The molecule has 0 atom stereocenters. The quantitative estimate of drug-likeness (QED) is 0.572. The molecule has 0 aromatic carbocycles. The summed E-state index contributed by atoms with van der Waals surface area (Å²) in [7, 11) is 0. The Morgan fingerprint density at radius 2 is 2.06 bits per heavy atom. The van der Waals surface area contributed by atoms with E-state index in [4.69, 9.17) is 5.84 Å². The van der Waals surface area contributed by atoms with E-state index in [0.29, 0.717) is 5.92 Å². The molecule has 0 radical (unpaired) electrons. The Kier molecular flexibility index (Phi) is 5.19. The number of hydrogen-bond donors (Lipinski definition) is 2. The van der Waals surface area contributed by atoms with Crippen LogP contribution in [0.5, 0.6) is 0 Å². The van der Waals surface area contributed by atoms with Crippen molar-refractivity contribution in [1.29, 1.82) is 0 Å². The van der Waals surface area contributed by atoms with Crippen LogP contribution in [0.1, 0.15) is 45.1 Å². The Balaban J connectivity index is 2.77. The molecule has 4 nitrogen and oxygen atoms in total. The first-order valence-electron chi connectivity index (χ1n) is 5.99. The summed E-state index contributed by atoms with van der Waals surface area (Å²) >= 11 is 0. The van der Waals surface area contributed by atoms with Crippen molar-refractivity contribution in [2.24, 2.45) is 11.8 Å². The van der Waals surface area contributed by atoms with Gasteiger partial charge in [-0.25, -0.2) is 15.8 Å². The van der Waals surface area contributed by atoms with E-state index in [1.807, 2.05) is 6.07 Å². The van der Waals surface area contributed by atoms with Gasteiger partial charge >= 0.3 is 0 Å². The average Bonchev–Trinajstić information content (AvgIpc) is 2.26. The van der Waals surface area contributed by atoms with Crippen LogP contribution in [-0.4, -0.2) is 9.97 Å². The van der Waals surface area contributed by atoms with Crippen LogP contribution in [0.25, 0.3) is 0 Å². The molecule has 0 aliphatic rings. The molecule has 16 heavy (non-hydrogen) atoms. The van der Waals surface area contributed by atoms with Crippen LogP contribution >= 0.6 is 0 Å². The normalized spacial score (nSPS) is 10.8. The fourth-order valence-corrected chi connectivity index (χ4v) is 1.54. The van der Waals surface area contributed by atoms with Crippen LogP contribution in [0.15, 0.2) is 6.07 Å². The third kappa shape index (κ3) is 4.14. The lowest BCUT2D eigenvalue weighted by molar-refractivity contribution is 0.573. The van der Waals surface area contributed by atoms with E-state index in [1.54, 1.807) is 0 Å². The van der Waals surface area contributed by atoms with Gasteiger partial charge in [0.15, 0.2) is 0 Å². The number of rotatable bonds is 6. The van der Waals surface area contributed by atoms with Crippen molar-refractivity contribution < 1.29 is 0 Å². The molecule has 0 bridgehead atoms. The van der Waals surface area contributed by atoms with Crippen LogP contribution in [0, 0.1) is 5.92 Å². The zero-order valence-electron chi connectivity index (χ0n) is 10.5. The lowest BCUT2D eigenvalue weighted by Gasteiger charge is -2.08. The number of anilines is 1. The fraction of sp³-hybridized carbons (Fsp3) is 0.667. The van der Waals surface area contributed by atoms with E-state index in [2.05, 4.69) is 36.2 Å². The van der Waals surface area contributed by atoms with Gasteiger partial charge in [-0.15, -0.1) is 0 Å². The third-order valence-corrected chi connectivity index (χ3v) is 2.42. The largest absolute Gasteiger partial charge is 0.308 e. The van der Waals surface area contributed by atoms with E-state index in [0.717, 1.165) is 43.0 Å². The highest BCUT2D eigenvalue weighted by Crippen LogP contribution is 2.11. The monoisotopic (exact) mass is 222 g/mol. The third-order valence-electron chi connectivity index (χ3n) is 2.42. The summed E-state index contributed by atoms with van der Waals surface area (Å²) in [6, 6.07) is 1.92. The molecule has 0 saturated carbocycles. The highest BCUT2D eigenvalue weighted by Gasteiger charge is 2.04. The van der Waals surface area contributed by atoms with Crippen LogP contribution in [0.4, 0.5) is 5.82 Å². The van der Waals surface area contributed by atoms with Gasteiger partial charge in [0, 0.05) is 18.2 Å². The zero-order chi connectivity index (χ0) is 12.0. The SMILES string of the molecule is CCCc1cc(NN)nc(CCC(C)C)n1. The van der Waals surface area contributed by atoms with Gasteiger partial charge in [-0.2, -0.15) is 0 Å². The van der Waals surface area contributed by atoms with Crippen molar-refractivity contribution in [3.8, 4) is 0 Å². The van der Waals surface area contributed by atoms with E-state index in [-0.39, 0.29) is 0 Å². The van der Waals surface area contributed by atoms with E-state index >= 15 is 0 Å². The number of nitrogens with two attached hydrogens (primary N) is 1. The van der Waals surface area contributed by atoms with Crippen LogP contribution in [-0.2, 0) is 12.8 Å². The second-order valence-electron chi connectivity index (χ2n) is 4.49. The summed E-state index contributed by atoms with van der Waals surface area (Å²) in [4.78, 5) is 8.90. The molecule has 1 rings (SSSR count). The summed E-state index contributed by atoms with van der Waals surface area (Å²) in [5, 5.41) is 0. The standard InChI is InChI=1S/C12H22N4/c1-4-5-10-8-12(16-13)15-11(14-10)7-6-9(2)3/h8-9H,4-7,13H2,1-3H3,(H,14,15,16). The van der Waals surface area contributed by atoms with Crippen molar-refractivity contribution in [2.75, 3.05) is 5.43 Å². The maximum absolute atomic E-state index is 5.40. The second-order valence-corrected chi connectivity index (χ2v) is 4.49. The van der Waals surface area contributed by atoms with E-state index < -0.39 is 0 Å². The second kappa shape index (κ2) is 6.43. The first-order chi connectivity index (χ1) is 7.65. The molecule has 0 aliphatic carbocycles. The Hall–Kier alpha value is -1.16. The van der Waals surface area contributed by atoms with Gasteiger partial charge in [-0.1, -0.05) is 27.2 Å². The molecule has 0 aliphatic heterocycles. The van der Waals surface area contributed by atoms with E-state index in [9.17, 15) is 0 Å². The lowest BCUT2D eigenvalue weighted by Crippen LogP contribution is -2.12. The first kappa shape index (κ1) is 12.9. The topological polar surface area (TPSA) is 63.8 Å². The first-order valence-corrected chi connectivity index (χ1v) is 5.99. The van der Waals surface area contributed by atoms with Gasteiger partial charge in [0.1, 0.15) is 11.6 Å². The molecule has 1 heterocycles. The Labute approximate surface area is 97.7 Å². The highest BCUT2D eigenvalue weighted by atomic mass is 15.3. The molecule has 0 saturated heterocycles. The predicted molar refractivity (Wildman–Crippen MR) is 67.0 cm³/mol. The Morgan fingerprint density at radius 1 is 1.31 bits per heavy atom. The summed E-state index contributed by atoms with van der Waals surface area (Å²) in [5.74, 6) is 7.69. The van der Waals surface area contributed by atoms with Gasteiger partial charge in [0.05, 0.1) is 0 Å². The molecule has 0 unspecified atom stereocenters. The molecule has 1 aromatic heterocycles. The van der Waals surface area contributed by atoms with Gasteiger partial charge < -0.3 is 5.43 Å². The number of hydrazine groups is 1. The summed E-state index contributed by atoms with van der Waals surface area (Å²) in [6.45, 7) is 6.56. The number of nitrogens with zero attached hydrogens (tertiary/aromatic N) is 2. The molecule has 1 aromatic rings. The number of nitrogen functional groups attached to an aromatic ring is 1. The Bertz CT molecular complexity index is 323. The van der Waals surface area contributed by atoms with Crippen LogP contribution in [0.3, 0.4) is 0 Å². The van der Waals surface area contributed by atoms with Crippen LogP contribution < -0.4 is 11.3 Å². The van der Waals surface area contributed by atoms with Crippen molar-refractivity contribution in [3.05, 3.63) is 17.6 Å². The van der Waals surface area contributed by atoms with Gasteiger partial charge in [-0.3, -0.25) is 0 Å². The van der Waals surface area contributed by atoms with Crippen LogP contribution in [0.2, 0.25) is 0 Å². The van der Waals surface area contributed by atoms with Crippen molar-refractivity contribution >= 4 is 5.82 Å². The Morgan fingerprint density at radius 3 is 2.62 bits per heavy atom. The molecular weight excluding hydrogens is 200 g/mol. The molecule has 90 valence electrons. The summed E-state index contributed by atoms with van der Waals surface area (Å²) in [6.07, 6.45) is 4.10. The average molecular weight is 222 g/mol. The number of aryl methyl sites for hydroxylation is 2. The molecular formula is C12H22N4. The van der Waals surface area contributed by atoms with Crippen molar-refractivity contribution in [3.63, 3.8) is 0 Å². The maximum atomic E-state index is 5.40. The molecule has 4 heteroatoms.